The standard InChI is InChI=1S/C10H14OS/c1-7(11)12-6-10-5-8-2-3-9(10)4-8/h2-3,8-10H,4-6H2,1H3/t8-,9+,10+/m1/s1. The molecule has 2 aliphatic rings. The highest BCUT2D eigenvalue weighted by Crippen LogP contribution is 2.44. The van der Waals surface area contributed by atoms with Crippen molar-refractivity contribution in [3.63, 3.8) is 0 Å². The lowest BCUT2D eigenvalue weighted by Crippen LogP contribution is -2.10. The monoisotopic (exact) mass is 182 g/mol. The van der Waals surface area contributed by atoms with Crippen LogP contribution in [0.15, 0.2) is 12.2 Å². The summed E-state index contributed by atoms with van der Waals surface area (Å²) in [6.45, 7) is 1.66. The molecule has 0 aromatic carbocycles. The van der Waals surface area contributed by atoms with Gasteiger partial charge in [-0.1, -0.05) is 23.9 Å². The van der Waals surface area contributed by atoms with Crippen molar-refractivity contribution < 1.29 is 4.79 Å². The Morgan fingerprint density at radius 3 is 2.83 bits per heavy atom. The number of thioether (sulfide) groups is 1. The van der Waals surface area contributed by atoms with Gasteiger partial charge in [0.2, 0.25) is 0 Å². The first-order chi connectivity index (χ1) is 5.75. The summed E-state index contributed by atoms with van der Waals surface area (Å²) in [5.41, 5.74) is 0. The first-order valence-corrected chi connectivity index (χ1v) is 5.56. The second-order valence-corrected chi connectivity index (χ2v) is 5.04. The third kappa shape index (κ3) is 1.58. The zero-order chi connectivity index (χ0) is 8.55. The molecule has 0 amide bonds. The molecule has 2 heteroatoms. The van der Waals surface area contributed by atoms with E-state index in [0.717, 1.165) is 23.5 Å². The molecular formula is C10H14OS. The largest absolute Gasteiger partial charge is 0.288 e. The van der Waals surface area contributed by atoms with E-state index in [1.165, 1.54) is 24.6 Å². The molecule has 1 fully saturated rings. The van der Waals surface area contributed by atoms with E-state index in [-0.39, 0.29) is 5.12 Å². The fraction of sp³-hybridized carbons (Fsp3) is 0.700. The molecule has 66 valence electrons. The van der Waals surface area contributed by atoms with E-state index in [9.17, 15) is 4.79 Å². The van der Waals surface area contributed by atoms with E-state index >= 15 is 0 Å². The van der Waals surface area contributed by atoms with Crippen LogP contribution in [0.2, 0.25) is 0 Å². The SMILES string of the molecule is CC(=O)SC[C@@H]1C[C@@H]2C=C[C@H]1C2. The summed E-state index contributed by atoms with van der Waals surface area (Å²) in [4.78, 5) is 10.8. The molecule has 1 saturated carbocycles. The number of hydrogen-bond donors (Lipinski definition) is 0. The molecule has 0 aliphatic heterocycles. The van der Waals surface area contributed by atoms with Crippen molar-refractivity contribution in [3.05, 3.63) is 12.2 Å². The highest BCUT2D eigenvalue weighted by Gasteiger charge is 2.35. The summed E-state index contributed by atoms with van der Waals surface area (Å²) in [6.07, 6.45) is 7.36. The summed E-state index contributed by atoms with van der Waals surface area (Å²) in [7, 11) is 0. The molecule has 1 nitrogen and oxygen atoms in total. The van der Waals surface area contributed by atoms with Crippen molar-refractivity contribution in [1.29, 1.82) is 0 Å². The molecule has 0 aromatic heterocycles. The van der Waals surface area contributed by atoms with Gasteiger partial charge in [-0.3, -0.25) is 4.79 Å². The minimum absolute atomic E-state index is 0.266. The minimum atomic E-state index is 0.266. The second-order valence-electron chi connectivity index (χ2n) is 3.84. The first kappa shape index (κ1) is 8.36. The highest BCUT2D eigenvalue weighted by molar-refractivity contribution is 8.13. The van der Waals surface area contributed by atoms with Crippen LogP contribution in [0.5, 0.6) is 0 Å². The Bertz CT molecular complexity index is 222. The second kappa shape index (κ2) is 3.25. The maximum absolute atomic E-state index is 10.8. The number of allylic oxidation sites excluding steroid dienone is 2. The van der Waals surface area contributed by atoms with Crippen molar-refractivity contribution in [1.82, 2.24) is 0 Å². The Labute approximate surface area is 77.6 Å². The molecule has 12 heavy (non-hydrogen) atoms. The van der Waals surface area contributed by atoms with Gasteiger partial charge in [0.15, 0.2) is 5.12 Å². The van der Waals surface area contributed by atoms with Gasteiger partial charge >= 0.3 is 0 Å². The molecule has 0 radical (unpaired) electrons. The molecule has 0 N–H and O–H groups in total. The topological polar surface area (TPSA) is 17.1 Å². The van der Waals surface area contributed by atoms with Gasteiger partial charge in [-0.05, 0) is 30.6 Å². The van der Waals surface area contributed by atoms with Crippen molar-refractivity contribution >= 4 is 16.9 Å². The molecule has 0 heterocycles. The number of rotatable bonds is 2. The fourth-order valence-corrected chi connectivity index (χ4v) is 3.14. The normalized spacial score (nSPS) is 37.6. The zero-order valence-corrected chi connectivity index (χ0v) is 8.14. The van der Waals surface area contributed by atoms with Crippen LogP contribution in [0.3, 0.4) is 0 Å². The van der Waals surface area contributed by atoms with Crippen LogP contribution in [-0.4, -0.2) is 10.9 Å². The molecule has 2 aliphatic carbocycles. The van der Waals surface area contributed by atoms with E-state index in [1.54, 1.807) is 6.92 Å². The molecule has 2 rings (SSSR count). The van der Waals surface area contributed by atoms with Crippen LogP contribution in [0.1, 0.15) is 19.8 Å². The van der Waals surface area contributed by atoms with Crippen molar-refractivity contribution in [3.8, 4) is 0 Å². The lowest BCUT2D eigenvalue weighted by Gasteiger charge is -2.16. The number of carbonyl (C=O) groups is 1. The Balaban J connectivity index is 1.83. The molecule has 0 spiro atoms. The van der Waals surface area contributed by atoms with E-state index < -0.39 is 0 Å². The quantitative estimate of drug-likeness (QED) is 0.610. The average Bonchev–Trinajstić information content (AvgIpc) is 2.60. The van der Waals surface area contributed by atoms with Gasteiger partial charge in [0.25, 0.3) is 0 Å². The Morgan fingerprint density at radius 2 is 2.33 bits per heavy atom. The molecule has 3 atom stereocenters. The van der Waals surface area contributed by atoms with Crippen LogP contribution in [0, 0.1) is 17.8 Å². The maximum atomic E-state index is 10.8. The van der Waals surface area contributed by atoms with Gasteiger partial charge in [-0.2, -0.15) is 0 Å². The van der Waals surface area contributed by atoms with Gasteiger partial charge in [-0.15, -0.1) is 0 Å². The van der Waals surface area contributed by atoms with Gasteiger partial charge in [0, 0.05) is 12.7 Å². The summed E-state index contributed by atoms with van der Waals surface area (Å²) in [5.74, 6) is 3.46. The minimum Gasteiger partial charge on any atom is -0.288 e. The average molecular weight is 182 g/mol. The van der Waals surface area contributed by atoms with Crippen LogP contribution < -0.4 is 0 Å². The van der Waals surface area contributed by atoms with Gasteiger partial charge < -0.3 is 0 Å². The van der Waals surface area contributed by atoms with Gasteiger partial charge in [0.1, 0.15) is 0 Å². The lowest BCUT2D eigenvalue weighted by molar-refractivity contribution is -0.109. The Kier molecular flexibility index (Phi) is 2.26. The van der Waals surface area contributed by atoms with Gasteiger partial charge in [0.05, 0.1) is 0 Å². The van der Waals surface area contributed by atoms with Crippen molar-refractivity contribution in [2.75, 3.05) is 5.75 Å². The summed E-state index contributed by atoms with van der Waals surface area (Å²) in [6, 6.07) is 0. The van der Waals surface area contributed by atoms with Crippen molar-refractivity contribution in [2.45, 2.75) is 19.8 Å². The first-order valence-electron chi connectivity index (χ1n) is 4.57. The molecule has 0 aromatic rings. The Hall–Kier alpha value is -0.240. The lowest BCUT2D eigenvalue weighted by atomic mass is 9.96. The number of carbonyl (C=O) groups excluding carboxylic acids is 1. The number of fused-ring (bicyclic) bond motifs is 2. The van der Waals surface area contributed by atoms with Crippen LogP contribution >= 0.6 is 11.8 Å². The Morgan fingerprint density at radius 1 is 1.50 bits per heavy atom. The van der Waals surface area contributed by atoms with Crippen molar-refractivity contribution in [2.24, 2.45) is 17.8 Å². The predicted octanol–water partition coefficient (Wildman–Crippen LogP) is 2.48. The smallest absolute Gasteiger partial charge is 0.185 e. The number of hydrogen-bond acceptors (Lipinski definition) is 2. The van der Waals surface area contributed by atoms with Crippen LogP contribution in [0.4, 0.5) is 0 Å². The van der Waals surface area contributed by atoms with Crippen LogP contribution in [-0.2, 0) is 4.79 Å². The predicted molar refractivity (Wildman–Crippen MR) is 52.0 cm³/mol. The van der Waals surface area contributed by atoms with E-state index in [0.29, 0.717) is 0 Å². The molecule has 2 bridgehead atoms. The zero-order valence-electron chi connectivity index (χ0n) is 7.32. The maximum Gasteiger partial charge on any atom is 0.185 e. The third-order valence-corrected chi connectivity index (χ3v) is 3.92. The molecule has 0 unspecified atom stereocenters. The third-order valence-electron chi connectivity index (χ3n) is 2.92. The summed E-state index contributed by atoms with van der Waals surface area (Å²) < 4.78 is 0. The van der Waals surface area contributed by atoms with E-state index in [1.807, 2.05) is 0 Å². The van der Waals surface area contributed by atoms with E-state index in [2.05, 4.69) is 12.2 Å². The van der Waals surface area contributed by atoms with E-state index in [4.69, 9.17) is 0 Å². The fourth-order valence-electron chi connectivity index (χ4n) is 2.31. The summed E-state index contributed by atoms with van der Waals surface area (Å²) in [5, 5.41) is 0.266. The van der Waals surface area contributed by atoms with Crippen LogP contribution in [0.25, 0.3) is 0 Å². The molecule has 0 saturated heterocycles. The molecular weight excluding hydrogens is 168 g/mol. The highest BCUT2D eigenvalue weighted by atomic mass is 32.2. The van der Waals surface area contributed by atoms with Gasteiger partial charge in [-0.25, -0.2) is 0 Å². The summed E-state index contributed by atoms with van der Waals surface area (Å²) >= 11 is 1.50.